The third-order valence-electron chi connectivity index (χ3n) is 4.72. The molecule has 1 N–H and O–H groups in total. The predicted molar refractivity (Wildman–Crippen MR) is 123 cm³/mol. The minimum Gasteiger partial charge on any atom is -0.390 e. The van der Waals surface area contributed by atoms with Crippen LogP contribution in [0.25, 0.3) is 16.7 Å². The molecule has 2 aromatic carbocycles. The Bertz CT molecular complexity index is 1290. The number of aliphatic hydroxyl groups is 1. The van der Waals surface area contributed by atoms with Crippen LogP contribution in [0, 0.1) is 0 Å². The summed E-state index contributed by atoms with van der Waals surface area (Å²) in [7, 11) is 0. The molecule has 0 fully saturated rings. The zero-order valence-corrected chi connectivity index (χ0v) is 18.2. The van der Waals surface area contributed by atoms with Crippen LogP contribution in [0.2, 0.25) is 5.02 Å². The Hall–Kier alpha value is -2.65. The van der Waals surface area contributed by atoms with Crippen LogP contribution in [-0.2, 0) is 17.9 Å². The molecule has 0 spiro atoms. The van der Waals surface area contributed by atoms with Crippen molar-refractivity contribution < 1.29 is 9.84 Å². The average molecular weight is 457 g/mol. The van der Waals surface area contributed by atoms with Gasteiger partial charge in [-0.25, -0.2) is 0 Å². The topological polar surface area (TPSA) is 81.7 Å². The quantitative estimate of drug-likeness (QED) is 0.306. The van der Waals surface area contributed by atoms with Crippen molar-refractivity contribution in [1.82, 2.24) is 19.2 Å². The van der Waals surface area contributed by atoms with E-state index in [2.05, 4.69) is 16.8 Å². The lowest BCUT2D eigenvalue weighted by Crippen LogP contribution is -2.23. The summed E-state index contributed by atoms with van der Waals surface area (Å²) < 4.78 is 8.98. The Kier molecular flexibility index (Phi) is 6.72. The fourth-order valence-electron chi connectivity index (χ4n) is 3.26. The fourth-order valence-corrected chi connectivity index (χ4v) is 4.30. The first-order valence-electron chi connectivity index (χ1n) is 9.69. The molecule has 0 amide bonds. The van der Waals surface area contributed by atoms with Crippen LogP contribution in [-0.4, -0.2) is 42.7 Å². The van der Waals surface area contributed by atoms with Gasteiger partial charge >= 0.3 is 0 Å². The van der Waals surface area contributed by atoms with Gasteiger partial charge in [0, 0.05) is 17.3 Å². The van der Waals surface area contributed by atoms with E-state index in [0.717, 1.165) is 11.1 Å². The van der Waals surface area contributed by atoms with Crippen LogP contribution in [0.15, 0.2) is 71.1 Å². The number of allylic oxidation sites excluding steroid dienone is 1. The number of halogens is 1. The second-order valence-electron chi connectivity index (χ2n) is 6.91. The Labute approximate surface area is 187 Å². The summed E-state index contributed by atoms with van der Waals surface area (Å²) >= 11 is 7.48. The molecule has 160 valence electrons. The highest BCUT2D eigenvalue weighted by Gasteiger charge is 2.17. The SMILES string of the molecule is C=CCn1c(=O)c2ccccc2n2c(SCC(O)COCc3ccccc3Cl)nnc12. The van der Waals surface area contributed by atoms with E-state index in [0.29, 0.717) is 40.2 Å². The van der Waals surface area contributed by atoms with Crippen LogP contribution in [0.4, 0.5) is 0 Å². The van der Waals surface area contributed by atoms with Crippen LogP contribution in [0.5, 0.6) is 0 Å². The van der Waals surface area contributed by atoms with Gasteiger partial charge in [0.1, 0.15) is 0 Å². The molecule has 1 unspecified atom stereocenters. The van der Waals surface area contributed by atoms with Gasteiger partial charge in [0.05, 0.1) is 30.2 Å². The number of rotatable bonds is 9. The van der Waals surface area contributed by atoms with Crippen molar-refractivity contribution in [1.29, 1.82) is 0 Å². The highest BCUT2D eigenvalue weighted by Crippen LogP contribution is 2.22. The minimum absolute atomic E-state index is 0.139. The molecule has 0 radical (unpaired) electrons. The first-order valence-corrected chi connectivity index (χ1v) is 11.1. The molecule has 0 aliphatic heterocycles. The van der Waals surface area contributed by atoms with Crippen LogP contribution < -0.4 is 5.56 Å². The summed E-state index contributed by atoms with van der Waals surface area (Å²) in [6.45, 7) is 4.55. The zero-order chi connectivity index (χ0) is 21.8. The number of fused-ring (bicyclic) bond motifs is 3. The maximum absolute atomic E-state index is 12.8. The van der Waals surface area contributed by atoms with Crippen molar-refractivity contribution in [3.05, 3.63) is 82.1 Å². The molecular weight excluding hydrogens is 436 g/mol. The van der Waals surface area contributed by atoms with E-state index in [1.807, 2.05) is 40.8 Å². The molecule has 7 nitrogen and oxygen atoms in total. The molecule has 9 heteroatoms. The molecule has 4 aromatic rings. The summed E-state index contributed by atoms with van der Waals surface area (Å²) in [6.07, 6.45) is 0.947. The molecule has 31 heavy (non-hydrogen) atoms. The molecular formula is C22H21ClN4O3S. The zero-order valence-electron chi connectivity index (χ0n) is 16.6. The Morgan fingerprint density at radius 3 is 2.77 bits per heavy atom. The number of nitrogens with zero attached hydrogens (tertiary/aromatic N) is 4. The Morgan fingerprint density at radius 2 is 1.97 bits per heavy atom. The van der Waals surface area contributed by atoms with E-state index in [1.165, 1.54) is 16.3 Å². The normalized spacial score (nSPS) is 12.5. The summed E-state index contributed by atoms with van der Waals surface area (Å²) in [6, 6.07) is 14.8. The average Bonchev–Trinajstić information content (AvgIpc) is 3.20. The van der Waals surface area contributed by atoms with Gasteiger partial charge in [0.15, 0.2) is 5.16 Å². The van der Waals surface area contributed by atoms with Gasteiger partial charge in [0.25, 0.3) is 5.56 Å². The molecule has 1 atom stereocenters. The monoisotopic (exact) mass is 456 g/mol. The lowest BCUT2D eigenvalue weighted by molar-refractivity contribution is 0.0398. The van der Waals surface area contributed by atoms with Gasteiger partial charge in [-0.2, -0.15) is 0 Å². The molecule has 0 aliphatic rings. The molecule has 4 rings (SSSR count). The lowest BCUT2D eigenvalue weighted by atomic mass is 10.2. The third kappa shape index (κ3) is 4.52. The summed E-state index contributed by atoms with van der Waals surface area (Å²) in [5, 5.41) is 20.6. The van der Waals surface area contributed by atoms with Gasteiger partial charge in [-0.1, -0.05) is 59.8 Å². The summed E-state index contributed by atoms with van der Waals surface area (Å²) in [5.41, 5.74) is 1.46. The maximum atomic E-state index is 12.8. The van der Waals surface area contributed by atoms with Crippen molar-refractivity contribution in [2.24, 2.45) is 0 Å². The van der Waals surface area contributed by atoms with Crippen molar-refractivity contribution in [3.63, 3.8) is 0 Å². The number of aromatic nitrogens is 4. The van der Waals surface area contributed by atoms with E-state index in [4.69, 9.17) is 16.3 Å². The fraction of sp³-hybridized carbons (Fsp3) is 0.227. The van der Waals surface area contributed by atoms with Gasteiger partial charge in [-0.05, 0) is 23.8 Å². The summed E-state index contributed by atoms with van der Waals surface area (Å²) in [5.74, 6) is 0.800. The van der Waals surface area contributed by atoms with Crippen LogP contribution >= 0.6 is 23.4 Å². The van der Waals surface area contributed by atoms with E-state index in [1.54, 1.807) is 18.2 Å². The van der Waals surface area contributed by atoms with Gasteiger partial charge in [-0.3, -0.25) is 13.8 Å². The number of thioether (sulfide) groups is 1. The number of ether oxygens (including phenoxy) is 1. The van der Waals surface area contributed by atoms with Crippen molar-refractivity contribution >= 4 is 40.0 Å². The molecule has 2 aromatic heterocycles. The number of aliphatic hydroxyl groups excluding tert-OH is 1. The standard InChI is InChI=1S/C22H21ClN4O3S/c1-2-11-26-20(29)17-8-4-6-10-19(17)27-21(26)24-25-22(27)31-14-16(28)13-30-12-15-7-3-5-9-18(15)23/h2-10,16,28H,1,11-14H2. The minimum atomic E-state index is -0.704. The van der Waals surface area contributed by atoms with Crippen molar-refractivity contribution in [2.75, 3.05) is 12.4 Å². The van der Waals surface area contributed by atoms with Gasteiger partial charge < -0.3 is 9.84 Å². The summed E-state index contributed by atoms with van der Waals surface area (Å²) in [4.78, 5) is 12.8. The second-order valence-corrected chi connectivity index (χ2v) is 8.31. The van der Waals surface area contributed by atoms with Crippen molar-refractivity contribution in [3.8, 4) is 0 Å². The molecule has 0 bridgehead atoms. The molecule has 2 heterocycles. The highest BCUT2D eigenvalue weighted by molar-refractivity contribution is 7.99. The number of para-hydroxylation sites is 1. The number of hydrogen-bond acceptors (Lipinski definition) is 6. The molecule has 0 saturated heterocycles. The Balaban J connectivity index is 1.50. The van der Waals surface area contributed by atoms with E-state index >= 15 is 0 Å². The van der Waals surface area contributed by atoms with E-state index < -0.39 is 6.10 Å². The second kappa shape index (κ2) is 9.65. The number of hydrogen-bond donors (Lipinski definition) is 1. The maximum Gasteiger partial charge on any atom is 0.263 e. The highest BCUT2D eigenvalue weighted by atomic mass is 35.5. The lowest BCUT2D eigenvalue weighted by Gasteiger charge is -2.12. The Morgan fingerprint density at radius 1 is 1.19 bits per heavy atom. The first kappa shape index (κ1) is 21.6. The van der Waals surface area contributed by atoms with Gasteiger partial charge in [0.2, 0.25) is 5.78 Å². The number of benzene rings is 2. The molecule has 0 saturated carbocycles. The smallest absolute Gasteiger partial charge is 0.263 e. The largest absolute Gasteiger partial charge is 0.390 e. The van der Waals surface area contributed by atoms with E-state index in [9.17, 15) is 9.90 Å². The predicted octanol–water partition coefficient (Wildman–Crippen LogP) is 3.55. The van der Waals surface area contributed by atoms with E-state index in [-0.39, 0.29) is 12.2 Å². The van der Waals surface area contributed by atoms with Crippen molar-refractivity contribution in [2.45, 2.75) is 24.4 Å². The first-order chi connectivity index (χ1) is 15.1. The van der Waals surface area contributed by atoms with Crippen LogP contribution in [0.3, 0.4) is 0 Å². The third-order valence-corrected chi connectivity index (χ3v) is 6.16. The van der Waals surface area contributed by atoms with Crippen LogP contribution in [0.1, 0.15) is 5.56 Å². The molecule has 0 aliphatic carbocycles. The van der Waals surface area contributed by atoms with Gasteiger partial charge in [-0.15, -0.1) is 16.8 Å².